The monoisotopic (exact) mass is 430 g/mol. The molecule has 0 aliphatic rings. The number of carbonyl (C=O) groups is 1. The highest BCUT2D eigenvalue weighted by atomic mass is 31.2. The van der Waals surface area contributed by atoms with E-state index in [1.807, 2.05) is 0 Å². The van der Waals surface area contributed by atoms with Gasteiger partial charge >= 0.3 is 5.97 Å². The molecular weight excluding hydrogens is 391 g/mol. The van der Waals surface area contributed by atoms with E-state index in [1.165, 1.54) is 25.9 Å². The van der Waals surface area contributed by atoms with E-state index in [0.29, 0.717) is 5.82 Å². The van der Waals surface area contributed by atoms with Crippen LogP contribution in [0.2, 0.25) is 0 Å². The number of ether oxygens (including phenoxy) is 1. The molecule has 2 unspecified atom stereocenters. The zero-order valence-corrected chi connectivity index (χ0v) is 20.3. The van der Waals surface area contributed by atoms with Crippen LogP contribution in [-0.4, -0.2) is 40.6 Å². The van der Waals surface area contributed by atoms with Crippen molar-refractivity contribution in [3.63, 3.8) is 0 Å². The van der Waals surface area contributed by atoms with E-state index in [2.05, 4.69) is 30.9 Å². The average Bonchev–Trinajstić information content (AvgIpc) is 3.04. The summed E-state index contributed by atoms with van der Waals surface area (Å²) in [4.78, 5) is 17.2. The predicted octanol–water partition coefficient (Wildman–Crippen LogP) is 5.51. The summed E-state index contributed by atoms with van der Waals surface area (Å²) < 4.78 is 29.3. The normalized spacial score (nSPS) is 15.7. The van der Waals surface area contributed by atoms with Gasteiger partial charge in [0, 0.05) is 18.5 Å². The van der Waals surface area contributed by atoms with Gasteiger partial charge in [0.15, 0.2) is 5.82 Å². The van der Waals surface area contributed by atoms with Crippen LogP contribution in [0.15, 0.2) is 4.52 Å². The van der Waals surface area contributed by atoms with Crippen LogP contribution in [-0.2, 0) is 30.5 Å². The minimum atomic E-state index is -3.27. The van der Waals surface area contributed by atoms with Crippen LogP contribution in [0.3, 0.4) is 0 Å². The highest BCUT2D eigenvalue weighted by molar-refractivity contribution is 7.60. The molecule has 0 spiro atoms. The summed E-state index contributed by atoms with van der Waals surface area (Å²) in [5.74, 6) is 0.309. The molecule has 29 heavy (non-hydrogen) atoms. The Labute approximate surface area is 175 Å². The van der Waals surface area contributed by atoms with Gasteiger partial charge in [-0.3, -0.25) is 9.36 Å². The smallest absolute Gasteiger partial charge is 0.319 e. The van der Waals surface area contributed by atoms with E-state index in [1.54, 1.807) is 27.7 Å². The highest BCUT2D eigenvalue weighted by Gasteiger charge is 2.40. The van der Waals surface area contributed by atoms with Gasteiger partial charge in [-0.1, -0.05) is 51.6 Å². The van der Waals surface area contributed by atoms with Crippen molar-refractivity contribution in [1.82, 2.24) is 10.1 Å². The number of rotatable bonds is 12. The summed E-state index contributed by atoms with van der Waals surface area (Å²) in [5.41, 5.74) is -1.91. The molecule has 0 aliphatic heterocycles. The fourth-order valence-electron chi connectivity index (χ4n) is 3.04. The van der Waals surface area contributed by atoms with E-state index >= 15 is 0 Å². The largest absolute Gasteiger partial charge is 0.459 e. The molecule has 2 atom stereocenters. The van der Waals surface area contributed by atoms with Crippen molar-refractivity contribution >= 4 is 13.3 Å². The maximum Gasteiger partial charge on any atom is 0.319 e. The molecule has 7 nitrogen and oxygen atoms in total. The third kappa shape index (κ3) is 8.59. The second kappa shape index (κ2) is 10.7. The highest BCUT2D eigenvalue weighted by Crippen LogP contribution is 2.50. The molecule has 0 fully saturated rings. The van der Waals surface area contributed by atoms with E-state index < -0.39 is 24.6 Å². The zero-order valence-electron chi connectivity index (χ0n) is 19.4. The maximum absolute atomic E-state index is 13.0. The summed E-state index contributed by atoms with van der Waals surface area (Å²) in [6, 6.07) is 0. The van der Waals surface area contributed by atoms with Crippen LogP contribution in [0.4, 0.5) is 0 Å². The molecule has 0 bridgehead atoms. The number of hydrogen-bond donors (Lipinski definition) is 0. The first-order chi connectivity index (χ1) is 13.3. The molecule has 1 aromatic heterocycles. The average molecular weight is 431 g/mol. The van der Waals surface area contributed by atoms with Gasteiger partial charge in [-0.15, -0.1) is 0 Å². The predicted molar refractivity (Wildman–Crippen MR) is 115 cm³/mol. The lowest BCUT2D eigenvalue weighted by atomic mass is 9.86. The lowest BCUT2D eigenvalue weighted by Gasteiger charge is -2.26. The number of hydrogen-bond acceptors (Lipinski definition) is 7. The van der Waals surface area contributed by atoms with Crippen molar-refractivity contribution in [2.24, 2.45) is 0 Å². The van der Waals surface area contributed by atoms with Crippen LogP contribution < -0.4 is 0 Å². The summed E-state index contributed by atoms with van der Waals surface area (Å²) in [6.07, 6.45) is 5.66. The van der Waals surface area contributed by atoms with E-state index in [0.717, 1.165) is 12.8 Å². The van der Waals surface area contributed by atoms with Crippen LogP contribution in [0.5, 0.6) is 0 Å². The third-order valence-corrected chi connectivity index (χ3v) is 7.02. The molecule has 0 saturated carbocycles. The van der Waals surface area contributed by atoms with Crippen molar-refractivity contribution < 1.29 is 23.1 Å². The van der Waals surface area contributed by atoms with Gasteiger partial charge in [0.05, 0.1) is 6.61 Å². The molecule has 1 rings (SSSR count). The molecule has 0 radical (unpaired) electrons. The van der Waals surface area contributed by atoms with E-state index in [9.17, 15) is 9.36 Å². The fraction of sp³-hybridized carbons (Fsp3) is 0.857. The molecule has 0 amide bonds. The molecule has 8 heteroatoms. The van der Waals surface area contributed by atoms with Gasteiger partial charge in [-0.2, -0.15) is 4.98 Å². The Morgan fingerprint density at radius 2 is 1.79 bits per heavy atom. The van der Waals surface area contributed by atoms with Crippen molar-refractivity contribution in [2.45, 2.75) is 104 Å². The Morgan fingerprint density at radius 3 is 2.34 bits per heavy atom. The Hall–Kier alpha value is -1.20. The second-order valence-electron chi connectivity index (χ2n) is 9.29. The fourth-order valence-corrected chi connectivity index (χ4v) is 4.66. The number of carbonyl (C=O) groups excluding carboxylic acids is 1. The number of unbranched alkanes of at least 4 members (excludes halogenated alkanes) is 3. The SMILES string of the molecule is CCCCCCC(C)(C)c1noc(CC(C(=O)OC(C)(C)C)P(C)(=O)OCC)n1. The Kier molecular flexibility index (Phi) is 9.55. The molecule has 0 N–H and O–H groups in total. The molecule has 1 aromatic rings. The lowest BCUT2D eigenvalue weighted by molar-refractivity contribution is -0.154. The lowest BCUT2D eigenvalue weighted by Crippen LogP contribution is -2.33. The first-order valence-corrected chi connectivity index (χ1v) is 12.7. The van der Waals surface area contributed by atoms with Crippen LogP contribution in [0, 0.1) is 0 Å². The Bertz CT molecular complexity index is 693. The van der Waals surface area contributed by atoms with Crippen LogP contribution >= 0.6 is 7.37 Å². The molecule has 1 heterocycles. The van der Waals surface area contributed by atoms with E-state index in [4.69, 9.17) is 13.8 Å². The second-order valence-corrected chi connectivity index (χ2v) is 12.0. The number of aromatic nitrogens is 2. The van der Waals surface area contributed by atoms with Crippen molar-refractivity contribution in [1.29, 1.82) is 0 Å². The zero-order chi connectivity index (χ0) is 22.3. The van der Waals surface area contributed by atoms with Gasteiger partial charge in [0.25, 0.3) is 0 Å². The summed E-state index contributed by atoms with van der Waals surface area (Å²) in [6.45, 7) is 15.1. The first kappa shape index (κ1) is 25.8. The van der Waals surface area contributed by atoms with Gasteiger partial charge in [0.1, 0.15) is 11.3 Å². The standard InChI is InChI=1S/C21H39N2O5P/c1-9-11-12-13-14-21(6,7)19-22-17(28-23-19)15-16(29(8,25)26-10-2)18(24)27-20(3,4)5/h16H,9-15H2,1-8H3. The summed E-state index contributed by atoms with van der Waals surface area (Å²) in [5, 5.41) is 4.13. The first-order valence-electron chi connectivity index (χ1n) is 10.6. The number of esters is 1. The number of nitrogens with zero attached hydrogens (tertiary/aromatic N) is 2. The summed E-state index contributed by atoms with van der Waals surface area (Å²) >= 11 is 0. The Morgan fingerprint density at radius 1 is 1.14 bits per heavy atom. The minimum Gasteiger partial charge on any atom is -0.459 e. The minimum absolute atomic E-state index is 0.0294. The van der Waals surface area contributed by atoms with Crippen molar-refractivity contribution in [3.8, 4) is 0 Å². The van der Waals surface area contributed by atoms with Crippen molar-refractivity contribution in [2.75, 3.05) is 13.3 Å². The third-order valence-electron chi connectivity index (χ3n) is 4.73. The molecule has 0 aliphatic carbocycles. The van der Waals surface area contributed by atoms with Gasteiger partial charge in [0.2, 0.25) is 13.3 Å². The molecule has 168 valence electrons. The maximum atomic E-state index is 13.0. The van der Waals surface area contributed by atoms with Gasteiger partial charge in [-0.05, 0) is 34.1 Å². The summed E-state index contributed by atoms with van der Waals surface area (Å²) in [7, 11) is -3.27. The quantitative estimate of drug-likeness (QED) is 0.245. The van der Waals surface area contributed by atoms with Gasteiger partial charge in [-0.25, -0.2) is 0 Å². The van der Waals surface area contributed by atoms with Crippen LogP contribution in [0.1, 0.15) is 92.3 Å². The molecular formula is C21H39N2O5P. The topological polar surface area (TPSA) is 91.5 Å². The van der Waals surface area contributed by atoms with Crippen molar-refractivity contribution in [3.05, 3.63) is 11.7 Å². The van der Waals surface area contributed by atoms with Crippen LogP contribution in [0.25, 0.3) is 0 Å². The van der Waals surface area contributed by atoms with Gasteiger partial charge < -0.3 is 13.8 Å². The Balaban J connectivity index is 2.97. The molecule has 0 aromatic carbocycles. The van der Waals surface area contributed by atoms with E-state index in [-0.39, 0.29) is 24.3 Å². The molecule has 0 saturated heterocycles.